The first-order valence-electron chi connectivity index (χ1n) is 7.37. The second-order valence-electron chi connectivity index (χ2n) is 5.28. The molecule has 8 heteroatoms. The number of carbonyl (C=O) groups excluding carboxylic acids is 1. The van der Waals surface area contributed by atoms with Crippen molar-refractivity contribution in [3.05, 3.63) is 68.7 Å². The second-order valence-corrected chi connectivity index (χ2v) is 7.10. The molecular formula is C17H16ClN3O3S. The molecule has 0 radical (unpaired) electrons. The molecule has 2 aromatic rings. The number of nitrogens with one attached hydrogen (secondary N) is 1. The summed E-state index contributed by atoms with van der Waals surface area (Å²) in [7, 11) is 0. The van der Waals surface area contributed by atoms with Gasteiger partial charge in [0.05, 0.1) is 16.4 Å². The number of nitro benzene ring substituents is 1. The molecule has 0 saturated carbocycles. The zero-order chi connectivity index (χ0) is 18.4. The van der Waals surface area contributed by atoms with Crippen LogP contribution in [0.1, 0.15) is 18.1 Å². The van der Waals surface area contributed by atoms with Gasteiger partial charge in [0, 0.05) is 16.5 Å². The summed E-state index contributed by atoms with van der Waals surface area (Å²) in [6.45, 7) is 3.78. The fourth-order valence-electron chi connectivity index (χ4n) is 1.89. The highest BCUT2D eigenvalue weighted by atomic mass is 35.5. The number of aryl methyl sites for hydroxylation is 1. The van der Waals surface area contributed by atoms with Gasteiger partial charge in [-0.2, -0.15) is 5.10 Å². The van der Waals surface area contributed by atoms with Gasteiger partial charge < -0.3 is 0 Å². The van der Waals surface area contributed by atoms with Crippen molar-refractivity contribution in [3.8, 4) is 0 Å². The van der Waals surface area contributed by atoms with Crippen LogP contribution in [0, 0.1) is 17.0 Å². The van der Waals surface area contributed by atoms with E-state index in [1.807, 2.05) is 31.2 Å². The van der Waals surface area contributed by atoms with Crippen LogP contribution in [-0.4, -0.2) is 22.3 Å². The van der Waals surface area contributed by atoms with Gasteiger partial charge in [-0.3, -0.25) is 14.9 Å². The zero-order valence-electron chi connectivity index (χ0n) is 13.6. The highest BCUT2D eigenvalue weighted by molar-refractivity contribution is 8.00. The Labute approximate surface area is 154 Å². The van der Waals surface area contributed by atoms with E-state index in [9.17, 15) is 14.9 Å². The molecule has 130 valence electrons. The van der Waals surface area contributed by atoms with Crippen molar-refractivity contribution in [1.82, 2.24) is 5.43 Å². The number of nitro groups is 1. The van der Waals surface area contributed by atoms with Crippen molar-refractivity contribution in [1.29, 1.82) is 0 Å². The number of thioether (sulfide) groups is 1. The molecule has 2 rings (SSSR count). The number of rotatable bonds is 6. The van der Waals surface area contributed by atoms with E-state index in [-0.39, 0.29) is 21.9 Å². The van der Waals surface area contributed by atoms with Crippen LogP contribution in [0.25, 0.3) is 0 Å². The molecule has 0 heterocycles. The third-order valence-corrected chi connectivity index (χ3v) is 4.69. The zero-order valence-corrected chi connectivity index (χ0v) is 15.2. The van der Waals surface area contributed by atoms with Gasteiger partial charge in [0.25, 0.3) is 11.6 Å². The first-order valence-corrected chi connectivity index (χ1v) is 8.63. The number of amides is 1. The summed E-state index contributed by atoms with van der Waals surface area (Å²) in [5.74, 6) is -0.259. The Hall–Kier alpha value is -2.38. The third-order valence-electron chi connectivity index (χ3n) is 3.26. The van der Waals surface area contributed by atoms with Crippen molar-refractivity contribution in [2.45, 2.75) is 24.0 Å². The lowest BCUT2D eigenvalue weighted by Gasteiger charge is -2.09. The van der Waals surface area contributed by atoms with Gasteiger partial charge >= 0.3 is 0 Å². The highest BCUT2D eigenvalue weighted by Gasteiger charge is 2.14. The monoisotopic (exact) mass is 377 g/mol. The number of hydrogen-bond donors (Lipinski definition) is 1. The van der Waals surface area contributed by atoms with Crippen molar-refractivity contribution >= 4 is 41.2 Å². The Balaban J connectivity index is 1.94. The predicted molar refractivity (Wildman–Crippen MR) is 100 cm³/mol. The molecule has 0 aliphatic heterocycles. The maximum absolute atomic E-state index is 12.1. The molecule has 1 atom stereocenters. The standard InChI is InChI=1S/C17H16ClN3O3S/c1-11-3-6-14(7-4-11)25-12(2)17(22)20-19-10-13-5-8-15(18)16(9-13)21(23)24/h3-10,12H,1-2H3,(H,20,22)/b19-10-/t12-/m1/s1. The van der Waals surface area contributed by atoms with E-state index in [1.54, 1.807) is 13.0 Å². The Kier molecular flexibility index (Phi) is 6.55. The molecule has 1 amide bonds. The fourth-order valence-corrected chi connectivity index (χ4v) is 2.93. The maximum Gasteiger partial charge on any atom is 0.288 e. The van der Waals surface area contributed by atoms with E-state index in [0.717, 1.165) is 10.5 Å². The first-order chi connectivity index (χ1) is 11.9. The van der Waals surface area contributed by atoms with Crippen LogP contribution < -0.4 is 5.43 Å². The van der Waals surface area contributed by atoms with Crippen LogP contribution in [0.4, 0.5) is 5.69 Å². The van der Waals surface area contributed by atoms with Crippen LogP contribution in [0.2, 0.25) is 5.02 Å². The number of carbonyl (C=O) groups is 1. The van der Waals surface area contributed by atoms with E-state index in [0.29, 0.717) is 5.56 Å². The fraction of sp³-hybridized carbons (Fsp3) is 0.176. The minimum absolute atomic E-state index is 0.0503. The number of hydrogen-bond acceptors (Lipinski definition) is 5. The minimum atomic E-state index is -0.571. The van der Waals surface area contributed by atoms with Crippen LogP contribution in [0.15, 0.2) is 52.5 Å². The van der Waals surface area contributed by atoms with Gasteiger partial charge in [-0.25, -0.2) is 5.43 Å². The molecule has 1 N–H and O–H groups in total. The van der Waals surface area contributed by atoms with E-state index >= 15 is 0 Å². The largest absolute Gasteiger partial charge is 0.288 e. The Morgan fingerprint density at radius 1 is 1.32 bits per heavy atom. The number of hydrazone groups is 1. The summed E-state index contributed by atoms with van der Waals surface area (Å²) in [5, 5.41) is 14.4. The Morgan fingerprint density at radius 2 is 2.00 bits per heavy atom. The molecule has 25 heavy (non-hydrogen) atoms. The maximum atomic E-state index is 12.1. The van der Waals surface area contributed by atoms with Crippen LogP contribution in [0.5, 0.6) is 0 Å². The summed E-state index contributed by atoms with van der Waals surface area (Å²) in [6, 6.07) is 12.2. The van der Waals surface area contributed by atoms with E-state index < -0.39 is 4.92 Å². The van der Waals surface area contributed by atoms with Gasteiger partial charge in [-0.1, -0.05) is 35.4 Å². The molecule has 0 unspecified atom stereocenters. The van der Waals surface area contributed by atoms with E-state index in [1.165, 1.54) is 30.1 Å². The van der Waals surface area contributed by atoms with Crippen molar-refractivity contribution in [2.75, 3.05) is 0 Å². The Bertz CT molecular complexity index is 809. The minimum Gasteiger partial charge on any atom is -0.272 e. The van der Waals surface area contributed by atoms with Crippen LogP contribution in [0.3, 0.4) is 0 Å². The summed E-state index contributed by atoms with van der Waals surface area (Å²) in [6.07, 6.45) is 1.34. The number of benzene rings is 2. The molecule has 0 fully saturated rings. The third kappa shape index (κ3) is 5.58. The molecule has 0 aliphatic rings. The average Bonchev–Trinajstić information content (AvgIpc) is 2.58. The van der Waals surface area contributed by atoms with E-state index in [2.05, 4.69) is 10.5 Å². The van der Waals surface area contributed by atoms with Gasteiger partial charge in [0.2, 0.25) is 0 Å². The molecule has 0 saturated heterocycles. The lowest BCUT2D eigenvalue weighted by Crippen LogP contribution is -2.26. The second kappa shape index (κ2) is 8.64. The summed E-state index contributed by atoms with van der Waals surface area (Å²) >= 11 is 7.17. The number of halogens is 1. The lowest BCUT2D eigenvalue weighted by molar-refractivity contribution is -0.384. The van der Waals surface area contributed by atoms with Crippen molar-refractivity contribution < 1.29 is 9.72 Å². The van der Waals surface area contributed by atoms with Gasteiger partial charge in [0.1, 0.15) is 5.02 Å². The SMILES string of the molecule is Cc1ccc(S[C@H](C)C(=O)N/N=C\c2ccc(Cl)c([N+](=O)[O-])c2)cc1. The summed E-state index contributed by atoms with van der Waals surface area (Å²) in [4.78, 5) is 23.3. The highest BCUT2D eigenvalue weighted by Crippen LogP contribution is 2.25. The van der Waals surface area contributed by atoms with Gasteiger partial charge in [-0.05, 0) is 32.0 Å². The predicted octanol–water partition coefficient (Wildman–Crippen LogP) is 4.19. The topological polar surface area (TPSA) is 84.6 Å². The van der Waals surface area contributed by atoms with Gasteiger partial charge in [-0.15, -0.1) is 11.8 Å². The molecule has 2 aromatic carbocycles. The Morgan fingerprint density at radius 3 is 2.64 bits per heavy atom. The lowest BCUT2D eigenvalue weighted by atomic mass is 10.2. The normalized spacial score (nSPS) is 12.1. The quantitative estimate of drug-likeness (QED) is 0.354. The summed E-state index contributed by atoms with van der Waals surface area (Å²) < 4.78 is 0. The first kappa shape index (κ1) is 19.0. The molecular weight excluding hydrogens is 362 g/mol. The summed E-state index contributed by atoms with van der Waals surface area (Å²) in [5.41, 5.74) is 3.85. The molecule has 0 spiro atoms. The average molecular weight is 378 g/mol. The molecule has 6 nitrogen and oxygen atoms in total. The molecule has 0 aromatic heterocycles. The smallest absolute Gasteiger partial charge is 0.272 e. The molecule has 0 bridgehead atoms. The van der Waals surface area contributed by atoms with Gasteiger partial charge in [0.15, 0.2) is 0 Å². The van der Waals surface area contributed by atoms with E-state index in [4.69, 9.17) is 11.6 Å². The van der Waals surface area contributed by atoms with Crippen LogP contribution in [-0.2, 0) is 4.79 Å². The van der Waals surface area contributed by atoms with Crippen molar-refractivity contribution in [3.63, 3.8) is 0 Å². The van der Waals surface area contributed by atoms with Crippen LogP contribution >= 0.6 is 23.4 Å². The molecule has 0 aliphatic carbocycles. The van der Waals surface area contributed by atoms with Crippen molar-refractivity contribution in [2.24, 2.45) is 5.10 Å². The number of nitrogens with zero attached hydrogens (tertiary/aromatic N) is 2.